The van der Waals surface area contributed by atoms with Gasteiger partial charge in [0.05, 0.1) is 31.9 Å². The number of nitrogens with zero attached hydrogens (tertiary/aromatic N) is 2. The zero-order valence-corrected chi connectivity index (χ0v) is 23.0. The molecule has 9 heteroatoms. The number of aromatic nitrogens is 1. The maximum absolute atomic E-state index is 13.6. The monoisotopic (exact) mass is 564 g/mol. The number of carbonyl (C=O) groups excluding carboxylic acids is 2. The first-order valence-corrected chi connectivity index (χ1v) is 13.6. The number of ether oxygens (including phenoxy) is 1. The van der Waals surface area contributed by atoms with Gasteiger partial charge in [-0.2, -0.15) is 0 Å². The number of rotatable bonds is 3. The molecule has 2 aliphatic rings. The topological polar surface area (TPSA) is 79.7 Å². The summed E-state index contributed by atoms with van der Waals surface area (Å²) in [7, 11) is 0. The molecule has 6 rings (SSSR count). The number of thiazole rings is 1. The molecule has 3 heterocycles. The molecule has 38 heavy (non-hydrogen) atoms. The second kappa shape index (κ2) is 9.12. The lowest BCUT2D eigenvalue weighted by atomic mass is 9.94. The summed E-state index contributed by atoms with van der Waals surface area (Å²) in [5.74, 6) is -1.09. The highest BCUT2D eigenvalue weighted by Crippen LogP contribution is 2.46. The summed E-state index contributed by atoms with van der Waals surface area (Å²) in [4.78, 5) is 33.2. The van der Waals surface area contributed by atoms with E-state index in [1.54, 1.807) is 36.4 Å². The molecule has 4 aromatic rings. The molecule has 0 saturated carbocycles. The number of hydrogen-bond acceptors (Lipinski definition) is 6. The normalized spacial score (nSPS) is 20.3. The first-order valence-electron chi connectivity index (χ1n) is 12.1. The lowest BCUT2D eigenvalue weighted by Crippen LogP contribution is -2.29. The van der Waals surface area contributed by atoms with Crippen LogP contribution in [0.25, 0.3) is 16.0 Å². The quantitative estimate of drug-likeness (QED) is 0.162. The Balaban J connectivity index is 1.56. The number of benzene rings is 3. The van der Waals surface area contributed by atoms with Gasteiger partial charge in [-0.05, 0) is 79.4 Å². The van der Waals surface area contributed by atoms with E-state index in [1.807, 2.05) is 32.9 Å². The van der Waals surface area contributed by atoms with Gasteiger partial charge in [-0.15, -0.1) is 0 Å². The fourth-order valence-electron chi connectivity index (χ4n) is 5.21. The SMILES string of the molecule is Cc1cc(C)c2nc(N3C(=O)C(=O)/C(=C(/O)c4ccc5c(c4)C[C@@H](C)O5)[C@@H]3c3ccc(Cl)c(Cl)c3)sc2c1. The molecule has 1 N–H and O–H groups in total. The van der Waals surface area contributed by atoms with Gasteiger partial charge in [-0.3, -0.25) is 14.5 Å². The Morgan fingerprint density at radius 1 is 1.08 bits per heavy atom. The molecule has 0 aliphatic carbocycles. The second-order valence-corrected chi connectivity index (χ2v) is 11.5. The molecule has 1 saturated heterocycles. The molecule has 6 nitrogen and oxygen atoms in total. The van der Waals surface area contributed by atoms with Crippen molar-refractivity contribution >= 4 is 67.3 Å². The first-order chi connectivity index (χ1) is 18.1. The van der Waals surface area contributed by atoms with Gasteiger partial charge in [0.25, 0.3) is 5.78 Å². The zero-order valence-electron chi connectivity index (χ0n) is 20.7. The van der Waals surface area contributed by atoms with Gasteiger partial charge < -0.3 is 9.84 Å². The van der Waals surface area contributed by atoms with Crippen molar-refractivity contribution in [3.8, 4) is 5.75 Å². The predicted molar refractivity (Wildman–Crippen MR) is 151 cm³/mol. The molecule has 0 spiro atoms. The number of aryl methyl sites for hydroxylation is 2. The maximum Gasteiger partial charge on any atom is 0.301 e. The third-order valence-corrected chi connectivity index (χ3v) is 8.64. The van der Waals surface area contributed by atoms with Gasteiger partial charge in [0.2, 0.25) is 0 Å². The number of carbonyl (C=O) groups is 2. The van der Waals surface area contributed by atoms with Crippen LogP contribution in [0.4, 0.5) is 5.13 Å². The van der Waals surface area contributed by atoms with Gasteiger partial charge in [0.1, 0.15) is 17.6 Å². The van der Waals surface area contributed by atoms with Crippen LogP contribution in [0.2, 0.25) is 10.0 Å². The van der Waals surface area contributed by atoms with Crippen LogP contribution in [0, 0.1) is 13.8 Å². The van der Waals surface area contributed by atoms with Crippen molar-refractivity contribution in [2.45, 2.75) is 39.3 Å². The summed E-state index contributed by atoms with van der Waals surface area (Å²) in [5, 5.41) is 12.5. The van der Waals surface area contributed by atoms with E-state index in [0.717, 1.165) is 32.7 Å². The highest BCUT2D eigenvalue weighted by molar-refractivity contribution is 7.22. The molecule has 2 aliphatic heterocycles. The molecule has 1 aromatic heterocycles. The lowest BCUT2D eigenvalue weighted by molar-refractivity contribution is -0.132. The number of aliphatic hydroxyl groups is 1. The fourth-order valence-corrected chi connectivity index (χ4v) is 6.69. The van der Waals surface area contributed by atoms with Crippen molar-refractivity contribution in [1.82, 2.24) is 4.98 Å². The number of amides is 1. The lowest BCUT2D eigenvalue weighted by Gasteiger charge is -2.23. The van der Waals surface area contributed by atoms with Crippen molar-refractivity contribution in [2.75, 3.05) is 4.90 Å². The molecule has 1 amide bonds. The van der Waals surface area contributed by atoms with Crippen molar-refractivity contribution < 1.29 is 19.4 Å². The second-order valence-electron chi connectivity index (χ2n) is 9.72. The zero-order chi connectivity index (χ0) is 26.9. The number of aliphatic hydroxyl groups excluding tert-OH is 1. The smallest absolute Gasteiger partial charge is 0.301 e. The molecular formula is C29H22Cl2N2O4S. The van der Waals surface area contributed by atoms with Crippen molar-refractivity contribution in [3.63, 3.8) is 0 Å². The largest absolute Gasteiger partial charge is 0.507 e. The Bertz CT molecular complexity index is 1710. The van der Waals surface area contributed by atoms with E-state index in [-0.39, 0.29) is 22.5 Å². The minimum absolute atomic E-state index is 0.0234. The molecule has 0 bridgehead atoms. The summed E-state index contributed by atoms with van der Waals surface area (Å²) in [6, 6.07) is 13.3. The van der Waals surface area contributed by atoms with Crippen LogP contribution in [0.1, 0.15) is 40.8 Å². The highest BCUT2D eigenvalue weighted by Gasteiger charge is 2.48. The molecule has 2 atom stereocenters. The summed E-state index contributed by atoms with van der Waals surface area (Å²) in [6.07, 6.45) is 0.709. The van der Waals surface area contributed by atoms with Crippen LogP contribution in [0.3, 0.4) is 0 Å². The molecule has 0 unspecified atom stereocenters. The number of hydrogen-bond donors (Lipinski definition) is 1. The Morgan fingerprint density at radius 2 is 1.87 bits per heavy atom. The maximum atomic E-state index is 13.6. The number of ketones is 1. The highest BCUT2D eigenvalue weighted by atomic mass is 35.5. The minimum atomic E-state index is -0.949. The Morgan fingerprint density at radius 3 is 2.63 bits per heavy atom. The Hall–Kier alpha value is -3.39. The summed E-state index contributed by atoms with van der Waals surface area (Å²) >= 11 is 13.9. The van der Waals surface area contributed by atoms with Gasteiger partial charge in [0.15, 0.2) is 5.13 Å². The van der Waals surface area contributed by atoms with E-state index in [4.69, 9.17) is 32.9 Å². The van der Waals surface area contributed by atoms with Crippen LogP contribution in [0.5, 0.6) is 5.75 Å². The number of Topliss-reactive ketones (excluding diaryl/α,β-unsaturated/α-hetero) is 1. The fraction of sp³-hybridized carbons (Fsp3) is 0.207. The third kappa shape index (κ3) is 3.97. The van der Waals surface area contributed by atoms with E-state index < -0.39 is 17.7 Å². The third-order valence-electron chi connectivity index (χ3n) is 6.90. The van der Waals surface area contributed by atoms with Gasteiger partial charge in [-0.1, -0.05) is 46.7 Å². The molecule has 3 aromatic carbocycles. The summed E-state index contributed by atoms with van der Waals surface area (Å²) < 4.78 is 6.68. The van der Waals surface area contributed by atoms with Gasteiger partial charge in [0, 0.05) is 12.0 Å². The average Bonchev–Trinajstić information content (AvgIpc) is 3.53. The van der Waals surface area contributed by atoms with Gasteiger partial charge in [-0.25, -0.2) is 4.98 Å². The number of fused-ring (bicyclic) bond motifs is 2. The van der Waals surface area contributed by atoms with Crippen LogP contribution < -0.4 is 9.64 Å². The van der Waals surface area contributed by atoms with Crippen LogP contribution in [0.15, 0.2) is 54.1 Å². The Kier molecular flexibility index (Phi) is 5.98. The molecular weight excluding hydrogens is 543 g/mol. The standard InChI is InChI=1S/C29H22Cl2N2O4S/c1-13-8-14(2)24-22(9-13)38-29(32-24)33-25(16-4-6-19(30)20(31)12-16)23(27(35)28(33)36)26(34)17-5-7-21-18(11-17)10-15(3)37-21/h4-9,11-12,15,25,34H,10H2,1-3H3/b26-23+/t15-,25+/m1/s1. The van der Waals surface area contributed by atoms with Crippen molar-refractivity contribution in [2.24, 2.45) is 0 Å². The van der Waals surface area contributed by atoms with Gasteiger partial charge >= 0.3 is 5.91 Å². The van der Waals surface area contributed by atoms with E-state index in [2.05, 4.69) is 0 Å². The molecule has 0 radical (unpaired) electrons. The Labute approximate surface area is 233 Å². The minimum Gasteiger partial charge on any atom is -0.507 e. The van der Waals surface area contributed by atoms with E-state index in [0.29, 0.717) is 27.7 Å². The first kappa shape index (κ1) is 24.9. The van der Waals surface area contributed by atoms with Crippen LogP contribution in [-0.4, -0.2) is 27.9 Å². The summed E-state index contributed by atoms with van der Waals surface area (Å²) in [5.41, 5.74) is 4.66. The van der Waals surface area contributed by atoms with Crippen molar-refractivity contribution in [3.05, 3.63) is 92.0 Å². The van der Waals surface area contributed by atoms with E-state index in [1.165, 1.54) is 16.2 Å². The van der Waals surface area contributed by atoms with E-state index >= 15 is 0 Å². The van der Waals surface area contributed by atoms with Crippen LogP contribution in [-0.2, 0) is 16.0 Å². The molecule has 192 valence electrons. The summed E-state index contributed by atoms with van der Waals surface area (Å²) in [6.45, 7) is 5.93. The predicted octanol–water partition coefficient (Wildman–Crippen LogP) is 7.17. The number of anilines is 1. The molecule has 1 fully saturated rings. The van der Waals surface area contributed by atoms with Crippen LogP contribution >= 0.6 is 34.5 Å². The van der Waals surface area contributed by atoms with E-state index in [9.17, 15) is 14.7 Å². The van der Waals surface area contributed by atoms with Crippen molar-refractivity contribution in [1.29, 1.82) is 0 Å². The number of halogens is 2. The average molecular weight is 565 g/mol.